The molecule has 1 aromatic carbocycles. The van der Waals surface area contributed by atoms with Gasteiger partial charge in [-0.05, 0) is 74.3 Å². The molecule has 29 heavy (non-hydrogen) atoms. The molecule has 0 aromatic heterocycles. The predicted octanol–water partition coefficient (Wildman–Crippen LogP) is 2.45. The molecule has 4 bridgehead atoms. The Labute approximate surface area is 171 Å². The van der Waals surface area contributed by atoms with E-state index in [9.17, 15) is 14.4 Å². The lowest BCUT2D eigenvalue weighted by molar-refractivity contribution is -0.152. The number of benzene rings is 1. The highest BCUT2D eigenvalue weighted by atomic mass is 16.5. The van der Waals surface area contributed by atoms with Crippen LogP contribution in [0.3, 0.4) is 0 Å². The molecule has 0 saturated heterocycles. The monoisotopic (exact) mass is 396 g/mol. The number of rotatable bonds is 5. The lowest BCUT2D eigenvalue weighted by atomic mass is 9.49. The van der Waals surface area contributed by atoms with Crippen molar-refractivity contribution in [3.8, 4) is 0 Å². The first-order valence-electron chi connectivity index (χ1n) is 10.8. The Hall–Kier alpha value is -2.37. The van der Waals surface area contributed by atoms with E-state index in [4.69, 9.17) is 4.74 Å². The van der Waals surface area contributed by atoms with Crippen molar-refractivity contribution in [2.24, 2.45) is 23.2 Å². The van der Waals surface area contributed by atoms with E-state index in [0.29, 0.717) is 24.3 Å². The van der Waals surface area contributed by atoms with Crippen molar-refractivity contribution in [1.82, 2.24) is 5.32 Å². The molecule has 6 nitrogen and oxygen atoms in total. The van der Waals surface area contributed by atoms with E-state index in [1.807, 2.05) is 24.3 Å². The number of carbonyl (C=O) groups is 3. The number of hydrogen-bond acceptors (Lipinski definition) is 4. The summed E-state index contributed by atoms with van der Waals surface area (Å²) in [4.78, 5) is 39.1. The molecule has 4 saturated carbocycles. The molecule has 0 atom stereocenters. The Morgan fingerprint density at radius 1 is 1.03 bits per heavy atom. The van der Waals surface area contributed by atoms with Crippen LogP contribution < -0.4 is 10.2 Å². The van der Waals surface area contributed by atoms with Crippen molar-refractivity contribution in [1.29, 1.82) is 0 Å². The summed E-state index contributed by atoms with van der Waals surface area (Å²) in [7, 11) is 0. The fourth-order valence-electron chi connectivity index (χ4n) is 6.60. The van der Waals surface area contributed by atoms with Crippen LogP contribution >= 0.6 is 0 Å². The van der Waals surface area contributed by atoms with Gasteiger partial charge in [-0.25, -0.2) is 0 Å². The maximum Gasteiger partial charge on any atom is 0.325 e. The summed E-state index contributed by atoms with van der Waals surface area (Å²) >= 11 is 0. The van der Waals surface area contributed by atoms with Gasteiger partial charge in [0.1, 0.15) is 6.54 Å². The van der Waals surface area contributed by atoms with Crippen molar-refractivity contribution < 1.29 is 19.1 Å². The second-order valence-electron chi connectivity index (χ2n) is 9.47. The van der Waals surface area contributed by atoms with E-state index >= 15 is 0 Å². The first-order chi connectivity index (χ1) is 14.0. The maximum atomic E-state index is 12.9. The number of amides is 2. The third kappa shape index (κ3) is 3.43. The molecule has 1 heterocycles. The number of nitrogens with one attached hydrogen (secondary N) is 1. The minimum atomic E-state index is -0.552. The van der Waals surface area contributed by atoms with Gasteiger partial charge >= 0.3 is 5.97 Å². The molecular formula is C23H28N2O4. The van der Waals surface area contributed by atoms with E-state index in [2.05, 4.69) is 5.32 Å². The first-order valence-corrected chi connectivity index (χ1v) is 10.8. The van der Waals surface area contributed by atoms with Gasteiger partial charge < -0.3 is 15.0 Å². The normalized spacial score (nSPS) is 31.4. The van der Waals surface area contributed by atoms with Crippen LogP contribution in [0.4, 0.5) is 5.69 Å². The highest BCUT2D eigenvalue weighted by Crippen LogP contribution is 2.60. The highest BCUT2D eigenvalue weighted by Gasteiger charge is 2.54. The van der Waals surface area contributed by atoms with Crippen LogP contribution in [0, 0.1) is 23.2 Å². The Morgan fingerprint density at radius 2 is 1.69 bits per heavy atom. The third-order valence-corrected chi connectivity index (χ3v) is 7.46. The number of nitrogens with zero attached hydrogens (tertiary/aromatic N) is 1. The minimum Gasteiger partial charge on any atom is -0.454 e. The summed E-state index contributed by atoms with van der Waals surface area (Å²) < 4.78 is 5.16. The molecule has 154 valence electrons. The number of anilines is 1. The minimum absolute atomic E-state index is 0.00773. The zero-order valence-corrected chi connectivity index (χ0v) is 16.7. The molecule has 1 N–H and O–H groups in total. The maximum absolute atomic E-state index is 12.9. The molecule has 5 aliphatic rings. The second kappa shape index (κ2) is 7.15. The van der Waals surface area contributed by atoms with Crippen LogP contribution in [-0.2, 0) is 25.5 Å². The van der Waals surface area contributed by atoms with Gasteiger partial charge in [-0.1, -0.05) is 18.2 Å². The zero-order valence-electron chi connectivity index (χ0n) is 16.7. The average molecular weight is 396 g/mol. The fourth-order valence-corrected chi connectivity index (χ4v) is 6.60. The lowest BCUT2D eigenvalue weighted by Crippen LogP contribution is -2.54. The van der Waals surface area contributed by atoms with Gasteiger partial charge in [0, 0.05) is 17.6 Å². The van der Waals surface area contributed by atoms with E-state index in [1.165, 1.54) is 19.3 Å². The standard InChI is InChI=1S/C23H28N2O4/c26-20(25-6-5-18-3-1-2-4-19(18)25)14-29-21(27)13-24-22(28)23-10-15-7-16(11-23)9-17(8-15)12-23/h1-4,15-17H,5-14H2,(H,24,28). The zero-order chi connectivity index (χ0) is 20.0. The summed E-state index contributed by atoms with van der Waals surface area (Å²) in [5.41, 5.74) is 1.75. The van der Waals surface area contributed by atoms with Crippen LogP contribution in [0.15, 0.2) is 24.3 Å². The Balaban J connectivity index is 1.11. The number of carbonyl (C=O) groups excluding carboxylic acids is 3. The van der Waals surface area contributed by atoms with Crippen LogP contribution in [0.1, 0.15) is 44.1 Å². The first kappa shape index (κ1) is 18.6. The molecule has 4 aliphatic carbocycles. The van der Waals surface area contributed by atoms with Gasteiger partial charge in [0.2, 0.25) is 5.91 Å². The molecule has 0 radical (unpaired) electrons. The third-order valence-electron chi connectivity index (χ3n) is 7.46. The SMILES string of the molecule is O=C(CNC(=O)C12CC3CC(CC(C3)C1)C2)OCC(=O)N1CCc2ccccc21. The summed E-state index contributed by atoms with van der Waals surface area (Å²) in [5.74, 6) is 1.27. The van der Waals surface area contributed by atoms with Crippen molar-refractivity contribution in [3.63, 3.8) is 0 Å². The van der Waals surface area contributed by atoms with Crippen molar-refractivity contribution in [2.75, 3.05) is 24.6 Å². The number of esters is 1. The molecule has 4 fully saturated rings. The van der Waals surface area contributed by atoms with Crippen LogP contribution in [0.5, 0.6) is 0 Å². The molecule has 6 rings (SSSR count). The van der Waals surface area contributed by atoms with E-state index < -0.39 is 5.97 Å². The van der Waals surface area contributed by atoms with Crippen LogP contribution in [0.2, 0.25) is 0 Å². The molecular weight excluding hydrogens is 368 g/mol. The fraction of sp³-hybridized carbons (Fsp3) is 0.609. The lowest BCUT2D eigenvalue weighted by Gasteiger charge is -2.55. The Kier molecular flexibility index (Phi) is 4.60. The number of ether oxygens (including phenoxy) is 1. The summed E-state index contributed by atoms with van der Waals surface area (Å²) in [6.45, 7) is 0.156. The Morgan fingerprint density at radius 3 is 2.38 bits per heavy atom. The Bertz CT molecular complexity index is 814. The number of para-hydroxylation sites is 1. The summed E-state index contributed by atoms with van der Waals surface area (Å²) in [6.07, 6.45) is 7.53. The van der Waals surface area contributed by atoms with Crippen molar-refractivity contribution in [2.45, 2.75) is 44.9 Å². The molecule has 6 heteroatoms. The molecule has 1 aliphatic heterocycles. The topological polar surface area (TPSA) is 75.7 Å². The molecule has 1 aromatic rings. The second-order valence-corrected chi connectivity index (χ2v) is 9.47. The van der Waals surface area contributed by atoms with Crippen LogP contribution in [-0.4, -0.2) is 37.5 Å². The van der Waals surface area contributed by atoms with Gasteiger partial charge in [-0.3, -0.25) is 14.4 Å². The van der Waals surface area contributed by atoms with Gasteiger partial charge in [0.05, 0.1) is 0 Å². The summed E-state index contributed by atoms with van der Waals surface area (Å²) in [5, 5.41) is 2.81. The van der Waals surface area contributed by atoms with E-state index in [-0.39, 0.29) is 30.4 Å². The van der Waals surface area contributed by atoms with Gasteiger partial charge in [-0.2, -0.15) is 0 Å². The predicted molar refractivity (Wildman–Crippen MR) is 107 cm³/mol. The number of fused-ring (bicyclic) bond motifs is 1. The summed E-state index contributed by atoms with van der Waals surface area (Å²) in [6, 6.07) is 7.78. The van der Waals surface area contributed by atoms with Gasteiger partial charge in [0.25, 0.3) is 5.91 Å². The van der Waals surface area contributed by atoms with E-state index in [1.54, 1.807) is 4.90 Å². The van der Waals surface area contributed by atoms with E-state index in [0.717, 1.165) is 36.9 Å². The smallest absolute Gasteiger partial charge is 0.325 e. The number of hydrogen-bond donors (Lipinski definition) is 1. The van der Waals surface area contributed by atoms with Gasteiger partial charge in [-0.15, -0.1) is 0 Å². The van der Waals surface area contributed by atoms with Gasteiger partial charge in [0.15, 0.2) is 6.61 Å². The average Bonchev–Trinajstić information content (AvgIpc) is 3.13. The molecule has 2 amide bonds. The highest BCUT2D eigenvalue weighted by molar-refractivity contribution is 5.97. The van der Waals surface area contributed by atoms with Crippen molar-refractivity contribution >= 4 is 23.5 Å². The quantitative estimate of drug-likeness (QED) is 0.776. The largest absolute Gasteiger partial charge is 0.454 e. The van der Waals surface area contributed by atoms with Crippen LogP contribution in [0.25, 0.3) is 0 Å². The van der Waals surface area contributed by atoms with Crippen molar-refractivity contribution in [3.05, 3.63) is 29.8 Å². The molecule has 0 unspecified atom stereocenters. The molecule has 0 spiro atoms.